The van der Waals surface area contributed by atoms with E-state index in [2.05, 4.69) is 48.2 Å². The Labute approximate surface area is 432 Å². The molecule has 6 rings (SSSR count). The summed E-state index contributed by atoms with van der Waals surface area (Å²) in [6, 6.07) is 2.37. The fourth-order valence-corrected chi connectivity index (χ4v) is 15.1. The molecule has 4 amide bonds. The molecule has 0 aromatic carbocycles. The van der Waals surface area contributed by atoms with Crippen molar-refractivity contribution in [1.29, 1.82) is 0 Å². The molecule has 0 bridgehead atoms. The third-order valence-electron chi connectivity index (χ3n) is 11.5. The summed E-state index contributed by atoms with van der Waals surface area (Å²) in [4.78, 5) is 118. The lowest BCUT2D eigenvalue weighted by atomic mass is 10.0. The van der Waals surface area contributed by atoms with Crippen molar-refractivity contribution >= 4 is 72.7 Å². The summed E-state index contributed by atoms with van der Waals surface area (Å²) in [5.74, 6) is 0.430. The Kier molecular flexibility index (Phi) is 21.7. The van der Waals surface area contributed by atoms with Crippen molar-refractivity contribution in [3.05, 3.63) is 55.8 Å². The van der Waals surface area contributed by atoms with Crippen molar-refractivity contribution in [2.45, 2.75) is 123 Å². The lowest BCUT2D eigenvalue weighted by Gasteiger charge is -2.21. The first-order valence-electron chi connectivity index (χ1n) is 22.7. The smallest absolute Gasteiger partial charge is 0.387 e. The van der Waals surface area contributed by atoms with Crippen LogP contribution in [0, 0.1) is 0 Å². The zero-order chi connectivity index (χ0) is 54.9. The van der Waals surface area contributed by atoms with E-state index in [4.69, 9.17) is 9.47 Å². The van der Waals surface area contributed by atoms with Crippen LogP contribution < -0.4 is 38.2 Å². The van der Waals surface area contributed by atoms with Crippen LogP contribution in [0.1, 0.15) is 63.8 Å². The number of hydrogen-bond donors (Lipinski definition) is 13. The quantitative estimate of drug-likeness (QED) is 0.0139. The summed E-state index contributed by atoms with van der Waals surface area (Å²) in [5, 5.41) is 53.7. The van der Waals surface area contributed by atoms with Crippen LogP contribution in [0.5, 0.6) is 0 Å². The van der Waals surface area contributed by atoms with Gasteiger partial charge in [0, 0.05) is 49.0 Å². The Bertz CT molecular complexity index is 2720. The number of unbranched alkanes of at least 4 members (excludes halogenated alkanes) is 4. The number of aliphatic hydroxyl groups is 4. The maximum Gasteiger partial charge on any atom is 0.490 e. The van der Waals surface area contributed by atoms with Crippen LogP contribution in [-0.2, 0) is 59.3 Å². The van der Waals surface area contributed by atoms with Gasteiger partial charge < -0.3 is 70.7 Å². The number of urea groups is 1. The first kappa shape index (κ1) is 61.0. The third-order valence-corrected chi connectivity index (χ3v) is 19.8. The number of phosphoric ester groups is 2. The molecule has 0 aliphatic carbocycles. The number of thioether (sulfide) groups is 2. The highest BCUT2D eigenvalue weighted by molar-refractivity contribution is 8.00. The molecule has 2 aromatic rings. The molecule has 4 fully saturated rings. The number of aromatic amines is 1. The summed E-state index contributed by atoms with van der Waals surface area (Å²) in [6.45, 7) is -1.53. The molecule has 4 aliphatic rings. The predicted molar refractivity (Wildman–Crippen MR) is 255 cm³/mol. The van der Waals surface area contributed by atoms with E-state index in [1.165, 1.54) is 6.07 Å². The molecule has 0 saturated carbocycles. The lowest BCUT2D eigenvalue weighted by molar-refractivity contribution is -0.121. The van der Waals surface area contributed by atoms with Crippen LogP contribution in [0.25, 0.3) is 0 Å². The van der Waals surface area contributed by atoms with Crippen molar-refractivity contribution < 1.29 is 104 Å². The van der Waals surface area contributed by atoms with Gasteiger partial charge >= 0.3 is 48.7 Å². The second-order valence-electron chi connectivity index (χ2n) is 17.0. The van der Waals surface area contributed by atoms with Crippen LogP contribution in [0.15, 0.2) is 43.9 Å². The first-order valence-corrected chi connectivity index (χ1v) is 30.8. The molecule has 2 aromatic heterocycles. The topological polar surface area (TPSA) is 484 Å². The number of phosphoric acid groups is 4. The molecule has 0 spiro atoms. The highest BCUT2D eigenvalue weighted by Gasteiger charge is 2.50. The average molecular weight is 1190 g/mol. The molecule has 39 heteroatoms. The van der Waals surface area contributed by atoms with Gasteiger partial charge in [0.1, 0.15) is 41.6 Å². The van der Waals surface area contributed by atoms with Gasteiger partial charge in [0.2, 0.25) is 11.8 Å². The molecule has 6 heterocycles. The fourth-order valence-electron chi connectivity index (χ4n) is 7.91. The van der Waals surface area contributed by atoms with E-state index in [0.717, 1.165) is 79.1 Å². The SMILES string of the molecule is O=C(CCCCC1SC[C@@H]2NC(=O)N[C@H]12)NCCCCCCNC(=O)CSc1ccn([C@@H]2O[C@H](COP(=O)(O)OP(=O)(O)OP(=O)(O)OP(=O)(O)OC[C@H]3O[C@@H](n4ccc(=O)[nH]c4=O)C(O)C3O)[C@H](O)C2O)c(=O)n1. The zero-order valence-electron chi connectivity index (χ0n) is 39.0. The van der Waals surface area contributed by atoms with E-state index in [-0.39, 0.29) is 40.7 Å². The van der Waals surface area contributed by atoms with Gasteiger partial charge in [-0.3, -0.25) is 37.5 Å². The Morgan fingerprint density at radius 2 is 1.27 bits per heavy atom. The van der Waals surface area contributed by atoms with Crippen molar-refractivity contribution in [2.24, 2.45) is 0 Å². The van der Waals surface area contributed by atoms with E-state index in [9.17, 15) is 87.0 Å². The van der Waals surface area contributed by atoms with E-state index >= 15 is 0 Å². The fraction of sp³-hybridized carbons (Fsp3) is 0.694. The Hall–Kier alpha value is -3.21. The predicted octanol–water partition coefficient (Wildman–Crippen LogP) is -1.87. The van der Waals surface area contributed by atoms with E-state index in [1.54, 1.807) is 0 Å². The number of nitrogens with zero attached hydrogens (tertiary/aromatic N) is 3. The van der Waals surface area contributed by atoms with Crippen LogP contribution in [0.2, 0.25) is 0 Å². The Balaban J connectivity index is 0.840. The van der Waals surface area contributed by atoms with E-state index < -0.39 is 111 Å². The summed E-state index contributed by atoms with van der Waals surface area (Å²) >= 11 is 2.76. The highest BCUT2D eigenvalue weighted by Crippen LogP contribution is 2.71. The molecular weight excluding hydrogens is 1130 g/mol. The van der Waals surface area contributed by atoms with Gasteiger partial charge in [0.25, 0.3) is 5.56 Å². The number of amides is 4. The molecular formula is C36H56N8O25P4S2. The van der Waals surface area contributed by atoms with Crippen LogP contribution >= 0.6 is 54.8 Å². The van der Waals surface area contributed by atoms with Crippen molar-refractivity contribution in [3.63, 3.8) is 0 Å². The van der Waals surface area contributed by atoms with Gasteiger partial charge in [0.05, 0.1) is 31.1 Å². The number of hydrogen-bond acceptors (Lipinski definition) is 24. The second kappa shape index (κ2) is 26.6. The minimum absolute atomic E-state index is 0.00340. The molecule has 4 saturated heterocycles. The van der Waals surface area contributed by atoms with Crippen molar-refractivity contribution in [2.75, 3.05) is 37.8 Å². The number of rotatable bonds is 29. The minimum Gasteiger partial charge on any atom is -0.387 e. The van der Waals surface area contributed by atoms with E-state index in [1.807, 2.05) is 16.7 Å². The molecule has 4 aliphatic heterocycles. The van der Waals surface area contributed by atoms with Crippen LogP contribution in [0.3, 0.4) is 0 Å². The van der Waals surface area contributed by atoms with Crippen LogP contribution in [-0.4, -0.2) is 169 Å². The largest absolute Gasteiger partial charge is 0.490 e. The number of ether oxygens (including phenoxy) is 2. The molecule has 0 radical (unpaired) electrons. The van der Waals surface area contributed by atoms with Gasteiger partial charge in [-0.15, -0.1) is 0 Å². The maximum absolute atomic E-state index is 12.9. The highest BCUT2D eigenvalue weighted by atomic mass is 32.2. The normalized spacial score (nSPS) is 29.5. The summed E-state index contributed by atoms with van der Waals surface area (Å²) in [5.41, 5.74) is -2.93. The van der Waals surface area contributed by atoms with Gasteiger partial charge in [-0.1, -0.05) is 31.0 Å². The summed E-state index contributed by atoms with van der Waals surface area (Å²) in [6.07, 6.45) is -6.45. The number of aliphatic hydroxyl groups excluding tert-OH is 4. The standard InChI is InChI=1S/C36H56N8O25P4S2/c45-23(8-4-3-7-22-27-19(17-74-22)39-34(52)42-27)37-11-5-1-2-6-12-38-25(47)18-75-26-10-14-44(36(54)41-26)33-31(51)29(49)21(66-33)16-64-71(57,58)68-73(61,62)69-72(59,60)67-70(55,56)63-15-20-28(48)30(50)32(65-20)43-13-9-24(46)40-35(43)53/h9-10,13-14,19-22,27-33,48-51H,1-8,11-12,15-18H2,(H,37,45)(H,38,47)(H,55,56)(H,57,58)(H,59,60)(H,61,62)(H2,39,42,52)(H,40,46,53)/t19-,20+,21+,22?,27-,28?,29-,30?,31?,32+,33+/m0/s1. The average Bonchev–Trinajstić information content (AvgIpc) is 4.03. The number of H-pyrrole nitrogens is 1. The molecule has 422 valence electrons. The molecule has 33 nitrogen and oxygen atoms in total. The second-order valence-corrected chi connectivity index (χ2v) is 25.5. The third kappa shape index (κ3) is 17.9. The summed E-state index contributed by atoms with van der Waals surface area (Å²) in [7, 11) is -24.3. The number of fused-ring (bicyclic) bond motifs is 1. The summed E-state index contributed by atoms with van der Waals surface area (Å²) < 4.78 is 82.3. The van der Waals surface area contributed by atoms with Crippen molar-refractivity contribution in [1.82, 2.24) is 40.4 Å². The molecule has 13 N–H and O–H groups in total. The maximum atomic E-state index is 12.9. The first-order chi connectivity index (χ1) is 35.2. The number of carbonyl (C=O) groups excluding carboxylic acids is 3. The van der Waals surface area contributed by atoms with E-state index in [0.29, 0.717) is 35.7 Å². The molecule has 15 atom stereocenters. The lowest BCUT2D eigenvalue weighted by Crippen LogP contribution is -2.37. The molecule has 75 heavy (non-hydrogen) atoms. The van der Waals surface area contributed by atoms with Crippen LogP contribution in [0.4, 0.5) is 4.79 Å². The number of aromatic nitrogens is 4. The van der Waals surface area contributed by atoms with Gasteiger partial charge in [-0.05, 0) is 31.7 Å². The van der Waals surface area contributed by atoms with Gasteiger partial charge in [0.15, 0.2) is 12.5 Å². The minimum atomic E-state index is -6.30. The molecule has 8 unspecified atom stereocenters. The monoisotopic (exact) mass is 1190 g/mol. The Morgan fingerprint density at radius 3 is 1.84 bits per heavy atom. The zero-order valence-corrected chi connectivity index (χ0v) is 44.2. The van der Waals surface area contributed by atoms with Crippen molar-refractivity contribution in [3.8, 4) is 0 Å². The van der Waals surface area contributed by atoms with Gasteiger partial charge in [-0.25, -0.2) is 32.6 Å². The number of nitrogens with one attached hydrogen (secondary N) is 5. The Morgan fingerprint density at radius 1 is 0.720 bits per heavy atom. The van der Waals surface area contributed by atoms with Gasteiger partial charge in [-0.2, -0.15) is 29.7 Å². The number of carbonyl (C=O) groups is 3.